The van der Waals surface area contributed by atoms with Crippen molar-refractivity contribution >= 4 is 0 Å². The van der Waals surface area contributed by atoms with Gasteiger partial charge in [0.15, 0.2) is 0 Å². The molecule has 0 aliphatic heterocycles. The zero-order chi connectivity index (χ0) is 25.0. The molecule has 0 aliphatic rings. The van der Waals surface area contributed by atoms with Crippen LogP contribution >= 0.6 is 0 Å². The predicted molar refractivity (Wildman–Crippen MR) is 139 cm³/mol. The van der Waals surface area contributed by atoms with Crippen LogP contribution in [0.15, 0.2) is 103 Å². The Kier molecular flexibility index (Phi) is 9.70. The molecular formula is C30H32N2O4. The molecule has 0 unspecified atom stereocenters. The Morgan fingerprint density at radius 2 is 1.33 bits per heavy atom. The van der Waals surface area contributed by atoms with E-state index in [4.69, 9.17) is 9.47 Å². The Bertz CT molecular complexity index is 1140. The van der Waals surface area contributed by atoms with Crippen molar-refractivity contribution < 1.29 is 19.7 Å². The smallest absolute Gasteiger partial charge is 0.104 e. The molecular weight excluding hydrogens is 452 g/mol. The minimum Gasteiger partial charge on any atom is -0.393 e. The fraction of sp³-hybridized carbons (Fsp3) is 0.267. The first-order valence-electron chi connectivity index (χ1n) is 12.2. The summed E-state index contributed by atoms with van der Waals surface area (Å²) in [6, 6.07) is 29.2. The average molecular weight is 485 g/mol. The first kappa shape index (κ1) is 25.7. The molecule has 2 heterocycles. The monoisotopic (exact) mass is 484 g/mol. The van der Waals surface area contributed by atoms with Crippen LogP contribution in [0.3, 0.4) is 0 Å². The fourth-order valence-corrected chi connectivity index (χ4v) is 3.93. The van der Waals surface area contributed by atoms with Gasteiger partial charge >= 0.3 is 0 Å². The van der Waals surface area contributed by atoms with E-state index in [1.54, 1.807) is 12.4 Å². The number of pyridine rings is 2. The summed E-state index contributed by atoms with van der Waals surface area (Å²) in [5.41, 5.74) is 4.53. The van der Waals surface area contributed by atoms with Gasteiger partial charge in [-0.05, 0) is 41.3 Å². The highest BCUT2D eigenvalue weighted by atomic mass is 16.5. The molecule has 4 aromatic rings. The summed E-state index contributed by atoms with van der Waals surface area (Å²) in [5.74, 6) is 0. The van der Waals surface area contributed by atoms with Gasteiger partial charge in [0, 0.05) is 18.8 Å². The zero-order valence-corrected chi connectivity index (χ0v) is 20.2. The van der Waals surface area contributed by atoms with Gasteiger partial charge in [0.05, 0.1) is 43.4 Å². The lowest BCUT2D eigenvalue weighted by Gasteiger charge is -2.26. The Balaban J connectivity index is 1.34. The van der Waals surface area contributed by atoms with Crippen molar-refractivity contribution in [2.45, 2.75) is 44.4 Å². The van der Waals surface area contributed by atoms with E-state index in [0.717, 1.165) is 28.1 Å². The van der Waals surface area contributed by atoms with Crippen molar-refractivity contribution in [1.82, 2.24) is 9.97 Å². The maximum Gasteiger partial charge on any atom is 0.104 e. The normalized spacial score (nSPS) is 13.7. The van der Waals surface area contributed by atoms with Gasteiger partial charge in [-0.2, -0.15) is 0 Å². The number of aliphatic hydroxyl groups excluding tert-OH is 2. The van der Waals surface area contributed by atoms with Crippen LogP contribution in [0.4, 0.5) is 0 Å². The molecule has 0 aliphatic carbocycles. The SMILES string of the molecule is O[C@@H](Cc1ccc(-c2ccccn2)nc1)C[C@H](OCc1ccccc1)[C@H](O)COCc1ccccc1. The van der Waals surface area contributed by atoms with Gasteiger partial charge in [0.2, 0.25) is 0 Å². The second kappa shape index (κ2) is 13.6. The van der Waals surface area contributed by atoms with Crippen molar-refractivity contribution in [2.24, 2.45) is 0 Å². The van der Waals surface area contributed by atoms with Crippen molar-refractivity contribution in [3.05, 3.63) is 120 Å². The van der Waals surface area contributed by atoms with Crippen molar-refractivity contribution in [3.8, 4) is 11.4 Å². The lowest BCUT2D eigenvalue weighted by atomic mass is 10.0. The van der Waals surface area contributed by atoms with E-state index in [2.05, 4.69) is 9.97 Å². The summed E-state index contributed by atoms with van der Waals surface area (Å²) < 4.78 is 11.8. The molecule has 6 heteroatoms. The number of nitrogens with zero attached hydrogens (tertiary/aromatic N) is 2. The number of aromatic nitrogens is 2. The summed E-state index contributed by atoms with van der Waals surface area (Å²) in [7, 11) is 0. The first-order valence-corrected chi connectivity index (χ1v) is 12.2. The van der Waals surface area contributed by atoms with Crippen LogP contribution in [0.5, 0.6) is 0 Å². The maximum absolute atomic E-state index is 10.9. The molecule has 0 saturated heterocycles. The molecule has 2 N–H and O–H groups in total. The molecule has 0 amide bonds. The second-order valence-corrected chi connectivity index (χ2v) is 8.76. The van der Waals surface area contributed by atoms with Crippen LogP contribution < -0.4 is 0 Å². The van der Waals surface area contributed by atoms with Gasteiger partial charge < -0.3 is 19.7 Å². The van der Waals surface area contributed by atoms with Gasteiger partial charge in [-0.1, -0.05) is 72.8 Å². The van der Waals surface area contributed by atoms with Crippen LogP contribution in [0, 0.1) is 0 Å². The molecule has 2 aromatic carbocycles. The van der Waals surface area contributed by atoms with E-state index in [9.17, 15) is 10.2 Å². The Morgan fingerprint density at radius 3 is 1.97 bits per heavy atom. The molecule has 36 heavy (non-hydrogen) atoms. The van der Waals surface area contributed by atoms with E-state index < -0.39 is 18.3 Å². The Morgan fingerprint density at radius 1 is 0.667 bits per heavy atom. The topological polar surface area (TPSA) is 84.7 Å². The van der Waals surface area contributed by atoms with Gasteiger partial charge in [0.25, 0.3) is 0 Å². The third-order valence-corrected chi connectivity index (χ3v) is 5.86. The number of aliphatic hydroxyl groups is 2. The third-order valence-electron chi connectivity index (χ3n) is 5.86. The Hall–Kier alpha value is -3.42. The summed E-state index contributed by atoms with van der Waals surface area (Å²) in [6.45, 7) is 0.857. The quantitative estimate of drug-likeness (QED) is 0.289. The van der Waals surface area contributed by atoms with Crippen molar-refractivity contribution in [3.63, 3.8) is 0 Å². The standard InChI is InChI=1S/C30H32N2O4/c33-26(17-25-14-15-28(32-19-25)27-13-7-8-16-31-27)18-30(36-21-24-11-5-2-6-12-24)29(34)22-35-20-23-9-3-1-4-10-23/h1-16,19,26,29-30,33-34H,17-18,20-22H2/t26-,29+,30-/m0/s1. The molecule has 6 nitrogen and oxygen atoms in total. The highest BCUT2D eigenvalue weighted by molar-refractivity contribution is 5.53. The summed E-state index contributed by atoms with van der Waals surface area (Å²) in [5, 5.41) is 21.7. The Labute approximate surface area is 212 Å². The van der Waals surface area contributed by atoms with E-state index >= 15 is 0 Å². The minimum absolute atomic E-state index is 0.112. The lowest BCUT2D eigenvalue weighted by molar-refractivity contribution is -0.0954. The number of ether oxygens (including phenoxy) is 2. The average Bonchev–Trinajstić information content (AvgIpc) is 2.93. The van der Waals surface area contributed by atoms with E-state index in [1.165, 1.54) is 0 Å². The van der Waals surface area contributed by atoms with Crippen LogP contribution in [0.1, 0.15) is 23.1 Å². The summed E-state index contributed by atoms with van der Waals surface area (Å²) in [6.07, 6.45) is 1.99. The second-order valence-electron chi connectivity index (χ2n) is 8.76. The highest BCUT2D eigenvalue weighted by Gasteiger charge is 2.24. The molecule has 4 rings (SSSR count). The molecule has 186 valence electrons. The van der Waals surface area contributed by atoms with Crippen molar-refractivity contribution in [2.75, 3.05) is 6.61 Å². The number of rotatable bonds is 13. The number of hydrogen-bond acceptors (Lipinski definition) is 6. The van der Waals surface area contributed by atoms with Gasteiger partial charge in [-0.25, -0.2) is 0 Å². The number of benzene rings is 2. The first-order chi connectivity index (χ1) is 17.7. The fourth-order valence-electron chi connectivity index (χ4n) is 3.93. The number of hydrogen-bond donors (Lipinski definition) is 2. The van der Waals surface area contributed by atoms with E-state index in [0.29, 0.717) is 19.6 Å². The van der Waals surface area contributed by atoms with Crippen LogP contribution in [-0.2, 0) is 29.1 Å². The van der Waals surface area contributed by atoms with Crippen molar-refractivity contribution in [1.29, 1.82) is 0 Å². The highest BCUT2D eigenvalue weighted by Crippen LogP contribution is 2.18. The summed E-state index contributed by atoms with van der Waals surface area (Å²) >= 11 is 0. The minimum atomic E-state index is -0.878. The van der Waals surface area contributed by atoms with Crippen LogP contribution in [0.25, 0.3) is 11.4 Å². The lowest BCUT2D eigenvalue weighted by Crippen LogP contribution is -2.36. The van der Waals surface area contributed by atoms with Gasteiger partial charge in [-0.15, -0.1) is 0 Å². The largest absolute Gasteiger partial charge is 0.393 e. The van der Waals surface area contributed by atoms with E-state index in [1.807, 2.05) is 91.0 Å². The van der Waals surface area contributed by atoms with Gasteiger partial charge in [0.1, 0.15) is 6.10 Å². The van der Waals surface area contributed by atoms with Crippen LogP contribution in [-0.4, -0.2) is 45.1 Å². The molecule has 0 saturated carbocycles. The predicted octanol–water partition coefficient (Wildman–Crippen LogP) is 4.60. The molecule has 2 aromatic heterocycles. The summed E-state index contributed by atoms with van der Waals surface area (Å²) in [4.78, 5) is 8.81. The van der Waals surface area contributed by atoms with E-state index in [-0.39, 0.29) is 13.0 Å². The molecule has 0 radical (unpaired) electrons. The molecule has 3 atom stereocenters. The molecule has 0 fully saturated rings. The molecule has 0 bridgehead atoms. The zero-order valence-electron chi connectivity index (χ0n) is 20.2. The van der Waals surface area contributed by atoms with Gasteiger partial charge in [-0.3, -0.25) is 9.97 Å². The maximum atomic E-state index is 10.9. The third kappa shape index (κ3) is 8.07. The van der Waals surface area contributed by atoms with Crippen LogP contribution in [0.2, 0.25) is 0 Å². The molecule has 0 spiro atoms.